The van der Waals surface area contributed by atoms with E-state index in [1.54, 1.807) is 7.05 Å². The second-order valence-corrected chi connectivity index (χ2v) is 3.37. The van der Waals surface area contributed by atoms with Crippen LogP contribution in [-0.4, -0.2) is 23.1 Å². The lowest BCUT2D eigenvalue weighted by Crippen LogP contribution is -2.17. The SMILES string of the molecule is CNC(=O)CCc1nc(C(C)C)no1. The molecule has 5 nitrogen and oxygen atoms in total. The van der Waals surface area contributed by atoms with Crippen LogP contribution in [0.1, 0.15) is 37.9 Å². The van der Waals surface area contributed by atoms with Gasteiger partial charge in [0.05, 0.1) is 0 Å². The van der Waals surface area contributed by atoms with Gasteiger partial charge in [-0.25, -0.2) is 0 Å². The summed E-state index contributed by atoms with van der Waals surface area (Å²) < 4.78 is 4.98. The summed E-state index contributed by atoms with van der Waals surface area (Å²) in [5.74, 6) is 1.45. The molecule has 0 bridgehead atoms. The van der Waals surface area contributed by atoms with Gasteiger partial charge in [-0.3, -0.25) is 4.79 Å². The first-order valence-corrected chi connectivity index (χ1v) is 4.66. The predicted molar refractivity (Wildman–Crippen MR) is 50.8 cm³/mol. The van der Waals surface area contributed by atoms with E-state index >= 15 is 0 Å². The van der Waals surface area contributed by atoms with Gasteiger partial charge < -0.3 is 9.84 Å². The fourth-order valence-corrected chi connectivity index (χ4v) is 0.950. The zero-order valence-corrected chi connectivity index (χ0v) is 8.70. The third-order valence-electron chi connectivity index (χ3n) is 1.84. The summed E-state index contributed by atoms with van der Waals surface area (Å²) in [6.07, 6.45) is 0.885. The predicted octanol–water partition coefficient (Wildman–Crippen LogP) is 0.872. The molecule has 78 valence electrons. The van der Waals surface area contributed by atoms with Crippen LogP contribution in [0.5, 0.6) is 0 Å². The van der Waals surface area contributed by atoms with Gasteiger partial charge in [-0.05, 0) is 0 Å². The molecule has 0 saturated heterocycles. The summed E-state index contributed by atoms with van der Waals surface area (Å²) in [7, 11) is 1.61. The van der Waals surface area contributed by atoms with Crippen molar-refractivity contribution in [1.29, 1.82) is 0 Å². The number of carbonyl (C=O) groups is 1. The van der Waals surface area contributed by atoms with Gasteiger partial charge in [0.15, 0.2) is 5.82 Å². The van der Waals surface area contributed by atoms with E-state index in [1.165, 1.54) is 0 Å². The van der Waals surface area contributed by atoms with Crippen molar-refractivity contribution in [3.05, 3.63) is 11.7 Å². The van der Waals surface area contributed by atoms with E-state index in [9.17, 15) is 4.79 Å². The van der Waals surface area contributed by atoms with Gasteiger partial charge in [-0.2, -0.15) is 4.98 Å². The van der Waals surface area contributed by atoms with Crippen LogP contribution >= 0.6 is 0 Å². The molecule has 0 aliphatic heterocycles. The molecule has 1 aromatic heterocycles. The Kier molecular flexibility index (Phi) is 3.62. The largest absolute Gasteiger partial charge is 0.359 e. The van der Waals surface area contributed by atoms with E-state index in [4.69, 9.17) is 4.52 Å². The van der Waals surface area contributed by atoms with Gasteiger partial charge in [-0.1, -0.05) is 19.0 Å². The Balaban J connectivity index is 2.48. The molecular weight excluding hydrogens is 182 g/mol. The van der Waals surface area contributed by atoms with Gasteiger partial charge >= 0.3 is 0 Å². The number of nitrogens with one attached hydrogen (secondary N) is 1. The minimum Gasteiger partial charge on any atom is -0.359 e. The maximum atomic E-state index is 10.9. The van der Waals surface area contributed by atoms with E-state index in [0.29, 0.717) is 24.6 Å². The monoisotopic (exact) mass is 197 g/mol. The molecule has 0 fully saturated rings. The highest BCUT2D eigenvalue weighted by atomic mass is 16.5. The maximum Gasteiger partial charge on any atom is 0.227 e. The normalized spacial score (nSPS) is 10.6. The van der Waals surface area contributed by atoms with Crippen LogP contribution in [0.3, 0.4) is 0 Å². The summed E-state index contributed by atoms with van der Waals surface area (Å²) in [6.45, 7) is 3.99. The Bertz CT molecular complexity index is 307. The fourth-order valence-electron chi connectivity index (χ4n) is 0.950. The summed E-state index contributed by atoms with van der Waals surface area (Å²) in [5, 5.41) is 6.34. The lowest BCUT2D eigenvalue weighted by Gasteiger charge is -1.94. The molecule has 1 heterocycles. The molecule has 0 aliphatic rings. The second-order valence-electron chi connectivity index (χ2n) is 3.37. The van der Waals surface area contributed by atoms with Crippen LogP contribution in [-0.2, 0) is 11.2 Å². The summed E-state index contributed by atoms with van der Waals surface area (Å²) in [5.41, 5.74) is 0. The quantitative estimate of drug-likeness (QED) is 0.777. The lowest BCUT2D eigenvalue weighted by molar-refractivity contribution is -0.120. The topological polar surface area (TPSA) is 68.0 Å². The van der Waals surface area contributed by atoms with Crippen molar-refractivity contribution in [2.24, 2.45) is 0 Å². The highest BCUT2D eigenvalue weighted by Gasteiger charge is 2.10. The molecule has 0 aromatic carbocycles. The number of carbonyl (C=O) groups excluding carboxylic acids is 1. The Morgan fingerprint density at radius 3 is 2.79 bits per heavy atom. The second kappa shape index (κ2) is 4.74. The zero-order chi connectivity index (χ0) is 10.6. The van der Waals surface area contributed by atoms with Crippen molar-refractivity contribution in [2.45, 2.75) is 32.6 Å². The van der Waals surface area contributed by atoms with Crippen LogP contribution < -0.4 is 5.32 Å². The molecule has 0 saturated carbocycles. The van der Waals surface area contributed by atoms with Gasteiger partial charge in [-0.15, -0.1) is 0 Å². The van der Waals surface area contributed by atoms with Gasteiger partial charge in [0, 0.05) is 25.8 Å². The van der Waals surface area contributed by atoms with Crippen LogP contribution in [0.4, 0.5) is 0 Å². The molecule has 1 amide bonds. The van der Waals surface area contributed by atoms with Crippen molar-refractivity contribution >= 4 is 5.91 Å². The number of aromatic nitrogens is 2. The highest BCUT2D eigenvalue weighted by Crippen LogP contribution is 2.10. The zero-order valence-electron chi connectivity index (χ0n) is 8.70. The molecule has 1 N–H and O–H groups in total. The molecule has 0 radical (unpaired) electrons. The number of nitrogens with zero attached hydrogens (tertiary/aromatic N) is 2. The first-order chi connectivity index (χ1) is 6.63. The average Bonchev–Trinajstić information content (AvgIpc) is 2.62. The Hall–Kier alpha value is -1.39. The van der Waals surface area contributed by atoms with Crippen LogP contribution in [0, 0.1) is 0 Å². The first-order valence-electron chi connectivity index (χ1n) is 4.66. The van der Waals surface area contributed by atoms with E-state index in [2.05, 4.69) is 15.5 Å². The molecule has 5 heteroatoms. The van der Waals surface area contributed by atoms with Gasteiger partial charge in [0.25, 0.3) is 0 Å². The maximum absolute atomic E-state index is 10.9. The molecule has 14 heavy (non-hydrogen) atoms. The third-order valence-corrected chi connectivity index (χ3v) is 1.84. The van der Waals surface area contributed by atoms with E-state index in [0.717, 1.165) is 0 Å². The molecule has 0 unspecified atom stereocenters. The Morgan fingerprint density at radius 1 is 1.57 bits per heavy atom. The van der Waals surface area contributed by atoms with Crippen molar-refractivity contribution in [3.8, 4) is 0 Å². The Morgan fingerprint density at radius 2 is 2.29 bits per heavy atom. The number of hydrogen-bond donors (Lipinski definition) is 1. The van der Waals surface area contributed by atoms with E-state index in [1.807, 2.05) is 13.8 Å². The average molecular weight is 197 g/mol. The number of aryl methyl sites for hydroxylation is 1. The smallest absolute Gasteiger partial charge is 0.227 e. The minimum absolute atomic E-state index is 0.0192. The van der Waals surface area contributed by atoms with E-state index < -0.39 is 0 Å². The summed E-state index contributed by atoms with van der Waals surface area (Å²) in [6, 6.07) is 0. The standard InChI is InChI=1S/C9H15N3O2/c1-6(2)9-11-8(14-12-9)5-4-7(13)10-3/h6H,4-5H2,1-3H3,(H,10,13). The highest BCUT2D eigenvalue weighted by molar-refractivity contribution is 5.75. The van der Waals surface area contributed by atoms with Gasteiger partial charge in [0.2, 0.25) is 11.8 Å². The first kappa shape index (κ1) is 10.7. The van der Waals surface area contributed by atoms with Crippen LogP contribution in [0.15, 0.2) is 4.52 Å². The third kappa shape index (κ3) is 2.83. The molecule has 0 aliphatic carbocycles. The van der Waals surface area contributed by atoms with Crippen molar-refractivity contribution in [2.75, 3.05) is 7.05 Å². The Labute approximate surface area is 82.9 Å². The fraction of sp³-hybridized carbons (Fsp3) is 0.667. The van der Waals surface area contributed by atoms with Crippen LogP contribution in [0.2, 0.25) is 0 Å². The molecule has 0 atom stereocenters. The minimum atomic E-state index is -0.0192. The van der Waals surface area contributed by atoms with Crippen LogP contribution in [0.25, 0.3) is 0 Å². The van der Waals surface area contributed by atoms with Crippen molar-refractivity contribution in [1.82, 2.24) is 15.5 Å². The van der Waals surface area contributed by atoms with Crippen molar-refractivity contribution < 1.29 is 9.32 Å². The number of amides is 1. The molecule has 1 aromatic rings. The summed E-state index contributed by atoms with van der Waals surface area (Å²) in [4.78, 5) is 15.1. The number of hydrogen-bond acceptors (Lipinski definition) is 4. The summed E-state index contributed by atoms with van der Waals surface area (Å²) >= 11 is 0. The molecule has 0 spiro atoms. The molecule has 1 rings (SSSR count). The lowest BCUT2D eigenvalue weighted by atomic mass is 10.2. The molecular formula is C9H15N3O2. The van der Waals surface area contributed by atoms with E-state index in [-0.39, 0.29) is 11.8 Å². The van der Waals surface area contributed by atoms with Gasteiger partial charge in [0.1, 0.15) is 0 Å². The van der Waals surface area contributed by atoms with Crippen molar-refractivity contribution in [3.63, 3.8) is 0 Å². The number of rotatable bonds is 4.